The molecular formula is C13H18N2O4S. The van der Waals surface area contributed by atoms with Gasteiger partial charge in [0.05, 0.1) is 0 Å². The summed E-state index contributed by atoms with van der Waals surface area (Å²) in [5.41, 5.74) is -0.128. The quantitative estimate of drug-likeness (QED) is 0.836. The molecule has 1 saturated heterocycles. The van der Waals surface area contributed by atoms with Gasteiger partial charge in [-0.15, -0.1) is 0 Å². The molecule has 0 spiro atoms. The first-order valence-electron chi connectivity index (χ1n) is 6.52. The minimum absolute atomic E-state index is 0.128. The maximum atomic E-state index is 11.5. The van der Waals surface area contributed by atoms with Gasteiger partial charge in [-0.2, -0.15) is 0 Å². The summed E-state index contributed by atoms with van der Waals surface area (Å²) in [6, 6.07) is 0. The Hall–Kier alpha value is -1.47. The van der Waals surface area contributed by atoms with Gasteiger partial charge in [0.1, 0.15) is 4.88 Å². The highest BCUT2D eigenvalue weighted by atomic mass is 32.1. The number of Topliss-reactive ketones (excluding diaryl/α,β-unsaturated/α-hetero) is 1. The standard InChI is InChI=1S/C13H18N2O4S/c1-8(16)11-10(12(17)18)14-13(20-11)15-5-3-9(4-6-15)7-19-2/h9H,3-7H2,1-2H3,(H,17,18). The molecule has 0 atom stereocenters. The van der Waals surface area contributed by atoms with Crippen LogP contribution >= 0.6 is 11.3 Å². The van der Waals surface area contributed by atoms with Crippen LogP contribution in [-0.4, -0.2) is 48.6 Å². The molecule has 2 heterocycles. The number of carbonyl (C=O) groups excluding carboxylic acids is 1. The fourth-order valence-electron chi connectivity index (χ4n) is 2.35. The van der Waals surface area contributed by atoms with Crippen LogP contribution in [0.5, 0.6) is 0 Å². The second kappa shape index (κ2) is 6.32. The van der Waals surface area contributed by atoms with Gasteiger partial charge in [-0.05, 0) is 18.8 Å². The largest absolute Gasteiger partial charge is 0.476 e. The van der Waals surface area contributed by atoms with E-state index in [1.165, 1.54) is 18.3 Å². The number of hydrogen-bond acceptors (Lipinski definition) is 6. The Morgan fingerprint density at radius 1 is 1.45 bits per heavy atom. The molecule has 0 unspecified atom stereocenters. The van der Waals surface area contributed by atoms with Crippen LogP contribution < -0.4 is 4.90 Å². The molecule has 20 heavy (non-hydrogen) atoms. The van der Waals surface area contributed by atoms with Gasteiger partial charge in [-0.3, -0.25) is 4.79 Å². The number of ether oxygens (including phenoxy) is 1. The fraction of sp³-hybridized carbons (Fsp3) is 0.615. The van der Waals surface area contributed by atoms with E-state index in [0.29, 0.717) is 11.0 Å². The van der Waals surface area contributed by atoms with Crippen molar-refractivity contribution >= 4 is 28.2 Å². The Morgan fingerprint density at radius 3 is 2.55 bits per heavy atom. The number of carboxylic acids is 1. The Balaban J connectivity index is 2.12. The molecule has 7 heteroatoms. The first-order chi connectivity index (χ1) is 9.52. The van der Waals surface area contributed by atoms with Crippen LogP contribution in [0.1, 0.15) is 39.9 Å². The lowest BCUT2D eigenvalue weighted by molar-refractivity contribution is 0.0687. The zero-order valence-electron chi connectivity index (χ0n) is 11.6. The monoisotopic (exact) mass is 298 g/mol. The van der Waals surface area contributed by atoms with E-state index in [1.54, 1.807) is 7.11 Å². The molecule has 1 fully saturated rings. The molecule has 6 nitrogen and oxygen atoms in total. The van der Waals surface area contributed by atoms with Gasteiger partial charge in [0.2, 0.25) is 0 Å². The lowest BCUT2D eigenvalue weighted by Crippen LogP contribution is -2.34. The van der Waals surface area contributed by atoms with Crippen LogP contribution in [0.2, 0.25) is 0 Å². The first kappa shape index (κ1) is 14.9. The summed E-state index contributed by atoms with van der Waals surface area (Å²) in [6.45, 7) is 3.76. The highest BCUT2D eigenvalue weighted by Gasteiger charge is 2.26. The average Bonchev–Trinajstić information content (AvgIpc) is 2.85. The van der Waals surface area contributed by atoms with Crippen molar-refractivity contribution in [3.63, 3.8) is 0 Å². The van der Waals surface area contributed by atoms with Crippen molar-refractivity contribution in [1.82, 2.24) is 4.98 Å². The molecule has 0 saturated carbocycles. The van der Waals surface area contributed by atoms with Crippen LogP contribution in [0.15, 0.2) is 0 Å². The van der Waals surface area contributed by atoms with Crippen molar-refractivity contribution in [2.45, 2.75) is 19.8 Å². The summed E-state index contributed by atoms with van der Waals surface area (Å²) in [5.74, 6) is -0.852. The Morgan fingerprint density at radius 2 is 2.10 bits per heavy atom. The SMILES string of the molecule is COCC1CCN(c2nc(C(=O)O)c(C(C)=O)s2)CC1. The van der Waals surface area contributed by atoms with Gasteiger partial charge >= 0.3 is 5.97 Å². The predicted molar refractivity (Wildman–Crippen MR) is 75.9 cm³/mol. The van der Waals surface area contributed by atoms with Gasteiger partial charge in [-0.1, -0.05) is 11.3 Å². The van der Waals surface area contributed by atoms with Crippen molar-refractivity contribution in [2.75, 3.05) is 31.7 Å². The first-order valence-corrected chi connectivity index (χ1v) is 7.33. The number of carboxylic acid groups (broad SMARTS) is 1. The highest BCUT2D eigenvalue weighted by Crippen LogP contribution is 2.30. The number of carbonyl (C=O) groups is 2. The second-order valence-electron chi connectivity index (χ2n) is 4.92. The number of methoxy groups -OCH3 is 1. The summed E-state index contributed by atoms with van der Waals surface area (Å²) in [4.78, 5) is 29.0. The second-order valence-corrected chi connectivity index (χ2v) is 5.90. The van der Waals surface area contributed by atoms with Gasteiger partial charge in [0.25, 0.3) is 0 Å². The van der Waals surface area contributed by atoms with E-state index in [0.717, 1.165) is 32.5 Å². The van der Waals surface area contributed by atoms with Crippen molar-refractivity contribution in [2.24, 2.45) is 5.92 Å². The summed E-state index contributed by atoms with van der Waals surface area (Å²) >= 11 is 1.17. The summed E-state index contributed by atoms with van der Waals surface area (Å²) < 4.78 is 5.15. The lowest BCUT2D eigenvalue weighted by Gasteiger charge is -2.31. The number of nitrogens with zero attached hydrogens (tertiary/aromatic N) is 2. The van der Waals surface area contributed by atoms with Gasteiger partial charge in [-0.25, -0.2) is 9.78 Å². The third-order valence-electron chi connectivity index (χ3n) is 3.43. The molecule has 0 aromatic carbocycles. The maximum Gasteiger partial charge on any atom is 0.356 e. The smallest absolute Gasteiger partial charge is 0.356 e. The number of rotatable bonds is 5. The van der Waals surface area contributed by atoms with Crippen molar-refractivity contribution in [3.8, 4) is 0 Å². The third kappa shape index (κ3) is 3.16. The molecule has 0 radical (unpaired) electrons. The molecule has 0 bridgehead atoms. The topological polar surface area (TPSA) is 79.7 Å². The molecular weight excluding hydrogens is 280 g/mol. The molecule has 0 aliphatic carbocycles. The van der Waals surface area contributed by atoms with E-state index in [-0.39, 0.29) is 16.4 Å². The normalized spacial score (nSPS) is 16.4. The molecule has 1 aliphatic heterocycles. The highest BCUT2D eigenvalue weighted by molar-refractivity contribution is 7.17. The number of thiazole rings is 1. The Bertz CT molecular complexity index is 475. The minimum Gasteiger partial charge on any atom is -0.476 e. The number of hydrogen-bond donors (Lipinski definition) is 1. The Kier molecular flexibility index (Phi) is 4.72. The summed E-state index contributed by atoms with van der Waals surface area (Å²) in [5, 5.41) is 9.72. The van der Waals surface area contributed by atoms with Crippen molar-refractivity contribution < 1.29 is 19.4 Å². The zero-order valence-corrected chi connectivity index (χ0v) is 12.4. The Labute approximate surface area is 121 Å². The van der Waals surface area contributed by atoms with Crippen LogP contribution in [0.3, 0.4) is 0 Å². The van der Waals surface area contributed by atoms with Crippen LogP contribution in [-0.2, 0) is 4.74 Å². The number of ketones is 1. The summed E-state index contributed by atoms with van der Waals surface area (Å²) in [6.07, 6.45) is 1.98. The molecule has 2 rings (SSSR count). The molecule has 1 aromatic heterocycles. The number of aromatic carboxylic acids is 1. The average molecular weight is 298 g/mol. The molecule has 1 aromatic rings. The number of piperidine rings is 1. The van der Waals surface area contributed by atoms with E-state index in [2.05, 4.69) is 9.88 Å². The van der Waals surface area contributed by atoms with E-state index < -0.39 is 5.97 Å². The van der Waals surface area contributed by atoms with Gasteiger partial charge in [0, 0.05) is 33.7 Å². The van der Waals surface area contributed by atoms with Crippen LogP contribution in [0, 0.1) is 5.92 Å². The fourth-order valence-corrected chi connectivity index (χ4v) is 3.36. The van der Waals surface area contributed by atoms with Crippen molar-refractivity contribution in [3.05, 3.63) is 10.6 Å². The number of anilines is 1. The molecule has 110 valence electrons. The van der Waals surface area contributed by atoms with Crippen LogP contribution in [0.25, 0.3) is 0 Å². The third-order valence-corrected chi connectivity index (χ3v) is 4.64. The maximum absolute atomic E-state index is 11.5. The minimum atomic E-state index is -1.15. The molecule has 0 amide bonds. The molecule has 1 aliphatic rings. The zero-order chi connectivity index (χ0) is 14.7. The molecule has 1 N–H and O–H groups in total. The van der Waals surface area contributed by atoms with Crippen molar-refractivity contribution in [1.29, 1.82) is 0 Å². The van der Waals surface area contributed by atoms with E-state index >= 15 is 0 Å². The summed E-state index contributed by atoms with van der Waals surface area (Å²) in [7, 11) is 1.70. The van der Waals surface area contributed by atoms with Crippen LogP contribution in [0.4, 0.5) is 5.13 Å². The lowest BCUT2D eigenvalue weighted by atomic mass is 9.98. The van der Waals surface area contributed by atoms with Gasteiger partial charge in [0.15, 0.2) is 16.6 Å². The van der Waals surface area contributed by atoms with Gasteiger partial charge < -0.3 is 14.7 Å². The number of aromatic nitrogens is 1. The van der Waals surface area contributed by atoms with E-state index in [4.69, 9.17) is 9.84 Å². The van der Waals surface area contributed by atoms with E-state index in [9.17, 15) is 9.59 Å². The predicted octanol–water partition coefficient (Wildman–Crippen LogP) is 1.91. The van der Waals surface area contributed by atoms with E-state index in [1.807, 2.05) is 0 Å².